The number of amides is 1. The molecule has 0 aromatic heterocycles. The van der Waals surface area contributed by atoms with E-state index in [0.717, 1.165) is 55.4 Å². The van der Waals surface area contributed by atoms with Gasteiger partial charge in [-0.15, -0.1) is 6.58 Å². The highest BCUT2D eigenvalue weighted by molar-refractivity contribution is 6.03. The van der Waals surface area contributed by atoms with E-state index in [0.29, 0.717) is 36.5 Å². The van der Waals surface area contributed by atoms with Gasteiger partial charge in [0, 0.05) is 50.1 Å². The van der Waals surface area contributed by atoms with Gasteiger partial charge in [-0.25, -0.2) is 0 Å². The van der Waals surface area contributed by atoms with E-state index in [-0.39, 0.29) is 55.1 Å². The van der Waals surface area contributed by atoms with Crippen LogP contribution in [-0.4, -0.2) is 76.0 Å². The van der Waals surface area contributed by atoms with E-state index in [1.165, 1.54) is 12.1 Å². The van der Waals surface area contributed by atoms with Crippen LogP contribution in [0.5, 0.6) is 17.2 Å². The fourth-order valence-electron chi connectivity index (χ4n) is 8.55. The minimum Gasteiger partial charge on any atom is -0.459 e. The van der Waals surface area contributed by atoms with Crippen molar-refractivity contribution in [2.75, 3.05) is 26.9 Å². The molecule has 2 saturated carbocycles. The lowest BCUT2D eigenvalue weighted by atomic mass is 9.55. The van der Waals surface area contributed by atoms with Gasteiger partial charge in [0.2, 0.25) is 11.7 Å². The topological polar surface area (TPSA) is 153 Å². The van der Waals surface area contributed by atoms with Gasteiger partial charge in [0.1, 0.15) is 28.9 Å². The first-order chi connectivity index (χ1) is 25.9. The molecule has 0 radical (unpaired) electrons. The first-order valence-corrected chi connectivity index (χ1v) is 19.4. The molecule has 12 heteroatoms. The van der Waals surface area contributed by atoms with E-state index in [1.807, 2.05) is 40.0 Å². The number of rotatable bonds is 17. The molecule has 0 spiro atoms. The number of allylic oxidation sites excluding steroid dienone is 1. The van der Waals surface area contributed by atoms with E-state index < -0.39 is 28.3 Å². The van der Waals surface area contributed by atoms with Gasteiger partial charge in [-0.1, -0.05) is 36.2 Å². The lowest BCUT2D eigenvalue weighted by Crippen LogP contribution is -2.69. The number of likely N-dealkylation sites (N-methyl/N-ethyl adjacent to an activating group) is 1. The summed E-state index contributed by atoms with van der Waals surface area (Å²) < 4.78 is 20.4. The molecule has 6 atom stereocenters. The Morgan fingerprint density at radius 2 is 1.81 bits per heavy atom. The number of carbonyl (C=O) groups excluding carboxylic acids is 1. The quantitative estimate of drug-likeness (QED) is 0.0718. The number of aliphatic hydroxyl groups excluding tert-OH is 2. The van der Waals surface area contributed by atoms with Crippen LogP contribution in [0.4, 0.5) is 5.69 Å². The highest BCUT2D eigenvalue weighted by atomic mass is 16.7. The SMILES string of the molecule is C=CCOC12Oc3ccc(Oc4cccc([N+](=O)[O-])c4)cc3C3C(CCCCO)C(CCCCO)C=C(C(=NOC(C)(C)C)CC1N(C)C(=O)C1CC1)C32. The largest absolute Gasteiger partial charge is 0.459 e. The van der Waals surface area contributed by atoms with E-state index in [9.17, 15) is 25.1 Å². The standard InChI is InChI=1S/C42H55N3O9/c1-6-22-51-42-37(44(5)40(48)27-16-17-27)26-35(43-54-41(2,3)4)33-23-28(12-7-9-20-46)32(15-8-10-21-47)38(39(33)42)34-25-31(18-19-36(34)53-42)52-30-14-11-13-29(24-30)45(49)50/h6,11,13-14,18-19,23-25,27-28,32,37-39,46-47H,1,7-10,12,15-17,20-22,26H2,2-5H3. The highest BCUT2D eigenvalue weighted by Crippen LogP contribution is 2.62. The second kappa shape index (κ2) is 16.6. The van der Waals surface area contributed by atoms with Crippen molar-refractivity contribution in [3.05, 3.63) is 82.4 Å². The lowest BCUT2D eigenvalue weighted by Gasteiger charge is -2.59. The summed E-state index contributed by atoms with van der Waals surface area (Å²) >= 11 is 0. The summed E-state index contributed by atoms with van der Waals surface area (Å²) in [5, 5.41) is 36.0. The average Bonchev–Trinajstić information content (AvgIpc) is 4.00. The van der Waals surface area contributed by atoms with Crippen LogP contribution in [0.2, 0.25) is 0 Å². The maximum Gasteiger partial charge on any atom is 0.273 e. The Morgan fingerprint density at radius 1 is 1.09 bits per heavy atom. The Labute approximate surface area is 318 Å². The van der Waals surface area contributed by atoms with Crippen LogP contribution >= 0.6 is 0 Å². The van der Waals surface area contributed by atoms with Crippen LogP contribution in [0.15, 0.2) is 71.9 Å². The lowest BCUT2D eigenvalue weighted by molar-refractivity contribution is -0.384. The molecule has 6 rings (SSSR count). The van der Waals surface area contributed by atoms with Gasteiger partial charge in [-0.05, 0) is 101 Å². The molecule has 4 aliphatic rings. The predicted molar refractivity (Wildman–Crippen MR) is 204 cm³/mol. The maximum absolute atomic E-state index is 13.9. The minimum atomic E-state index is -1.31. The number of non-ortho nitro benzene ring substituents is 1. The van der Waals surface area contributed by atoms with Gasteiger partial charge in [-0.3, -0.25) is 14.9 Å². The van der Waals surface area contributed by atoms with Crippen molar-refractivity contribution in [2.45, 2.75) is 102 Å². The van der Waals surface area contributed by atoms with Crippen LogP contribution in [0.25, 0.3) is 0 Å². The number of hydrogen-bond donors (Lipinski definition) is 2. The zero-order valence-electron chi connectivity index (χ0n) is 31.9. The Bertz CT molecular complexity index is 1750. The summed E-state index contributed by atoms with van der Waals surface area (Å²) in [7, 11) is 1.84. The zero-order chi connectivity index (χ0) is 38.6. The molecule has 2 aromatic rings. The van der Waals surface area contributed by atoms with E-state index in [4.69, 9.17) is 24.2 Å². The number of ether oxygens (including phenoxy) is 3. The van der Waals surface area contributed by atoms with Crippen molar-refractivity contribution >= 4 is 17.3 Å². The van der Waals surface area contributed by atoms with Crippen LogP contribution in [-0.2, 0) is 14.4 Å². The summed E-state index contributed by atoms with van der Waals surface area (Å²) in [6.07, 6.45) is 10.6. The molecule has 1 heterocycles. The van der Waals surface area contributed by atoms with Crippen LogP contribution in [0, 0.1) is 33.8 Å². The molecule has 1 aliphatic heterocycles. The molecule has 0 bridgehead atoms. The average molecular weight is 746 g/mol. The van der Waals surface area contributed by atoms with Crippen molar-refractivity contribution in [2.24, 2.45) is 28.8 Å². The van der Waals surface area contributed by atoms with Gasteiger partial charge >= 0.3 is 0 Å². The van der Waals surface area contributed by atoms with Gasteiger partial charge in [-0.2, -0.15) is 0 Å². The number of nitrogens with zero attached hydrogens (tertiary/aromatic N) is 3. The zero-order valence-corrected chi connectivity index (χ0v) is 31.9. The monoisotopic (exact) mass is 745 g/mol. The van der Waals surface area contributed by atoms with Crippen molar-refractivity contribution in [3.8, 4) is 17.2 Å². The normalized spacial score (nSPS) is 26.5. The molecular formula is C42H55N3O9. The van der Waals surface area contributed by atoms with Gasteiger partial charge < -0.3 is 34.2 Å². The first kappa shape index (κ1) is 39.4. The van der Waals surface area contributed by atoms with Crippen molar-refractivity contribution in [1.82, 2.24) is 4.90 Å². The number of unbranched alkanes of at least 4 members (excludes halogenated alkanes) is 2. The maximum atomic E-state index is 13.9. The summed E-state index contributed by atoms with van der Waals surface area (Å²) in [6.45, 7) is 10.2. The molecule has 12 nitrogen and oxygen atoms in total. The fourth-order valence-corrected chi connectivity index (χ4v) is 8.55. The number of carbonyl (C=O) groups is 1. The molecule has 54 heavy (non-hydrogen) atoms. The molecule has 3 aliphatic carbocycles. The third-order valence-corrected chi connectivity index (χ3v) is 11.1. The van der Waals surface area contributed by atoms with E-state index in [2.05, 4.69) is 12.7 Å². The van der Waals surface area contributed by atoms with Crippen LogP contribution in [0.3, 0.4) is 0 Å². The highest BCUT2D eigenvalue weighted by Gasteiger charge is 2.65. The van der Waals surface area contributed by atoms with Gasteiger partial charge in [0.05, 0.1) is 29.2 Å². The Hall–Kier alpha value is -4.26. The number of oxime groups is 1. The van der Waals surface area contributed by atoms with Crippen molar-refractivity contribution in [3.63, 3.8) is 0 Å². The third-order valence-electron chi connectivity index (χ3n) is 11.1. The molecule has 2 N–H and O–H groups in total. The molecular weight excluding hydrogens is 690 g/mol. The molecule has 1 amide bonds. The summed E-state index contributed by atoms with van der Waals surface area (Å²) in [5.74, 6) is -0.364. The minimum absolute atomic E-state index is 0.0386. The summed E-state index contributed by atoms with van der Waals surface area (Å²) in [5.41, 5.74) is 1.97. The Balaban J connectivity index is 1.56. The summed E-state index contributed by atoms with van der Waals surface area (Å²) in [6, 6.07) is 11.2. The van der Waals surface area contributed by atoms with Crippen molar-refractivity contribution < 1.29 is 39.0 Å². The number of hydrogen-bond acceptors (Lipinski definition) is 10. The van der Waals surface area contributed by atoms with Gasteiger partial charge in [0.25, 0.3) is 5.69 Å². The molecule has 6 unspecified atom stereocenters. The van der Waals surface area contributed by atoms with Gasteiger partial charge in [0.15, 0.2) is 0 Å². The van der Waals surface area contributed by atoms with E-state index >= 15 is 0 Å². The Morgan fingerprint density at radius 3 is 2.48 bits per heavy atom. The predicted octanol–water partition coefficient (Wildman–Crippen LogP) is 7.69. The number of benzene rings is 2. The first-order valence-electron chi connectivity index (χ1n) is 19.4. The van der Waals surface area contributed by atoms with Crippen LogP contribution < -0.4 is 9.47 Å². The second-order valence-electron chi connectivity index (χ2n) is 16.1. The van der Waals surface area contributed by atoms with E-state index in [1.54, 1.807) is 29.2 Å². The molecule has 2 fully saturated rings. The molecule has 2 aromatic carbocycles. The smallest absolute Gasteiger partial charge is 0.273 e. The number of fused-ring (bicyclic) bond motifs is 2. The number of aliphatic hydroxyl groups is 2. The third kappa shape index (κ3) is 8.35. The molecule has 292 valence electrons. The van der Waals surface area contributed by atoms with Crippen LogP contribution in [0.1, 0.15) is 90.0 Å². The second-order valence-corrected chi connectivity index (χ2v) is 16.1. The Kier molecular flexibility index (Phi) is 12.1. The summed E-state index contributed by atoms with van der Waals surface area (Å²) in [4.78, 5) is 33.0. The number of nitro groups is 1. The van der Waals surface area contributed by atoms with Crippen molar-refractivity contribution in [1.29, 1.82) is 0 Å². The number of nitro benzene ring substituents is 1. The fraction of sp³-hybridized carbons (Fsp3) is 0.571. The molecule has 0 saturated heterocycles.